The largest absolute Gasteiger partial charge is 0.493 e. The van der Waals surface area contributed by atoms with E-state index in [1.165, 1.54) is 14.2 Å². The molecule has 2 aliphatic rings. The van der Waals surface area contributed by atoms with Gasteiger partial charge in [-0.3, -0.25) is 0 Å². The van der Waals surface area contributed by atoms with Gasteiger partial charge in [0, 0.05) is 29.9 Å². The molecule has 0 atom stereocenters. The lowest BCUT2D eigenvalue weighted by Crippen LogP contribution is -2.29. The van der Waals surface area contributed by atoms with E-state index in [1.54, 1.807) is 18.5 Å². The number of imidazole rings is 1. The minimum atomic E-state index is -0.562. The number of aromatic nitrogens is 4. The van der Waals surface area contributed by atoms with Crippen molar-refractivity contribution < 1.29 is 19.0 Å². The predicted octanol–water partition coefficient (Wildman–Crippen LogP) is 3.78. The van der Waals surface area contributed by atoms with Crippen molar-refractivity contribution in [2.45, 2.75) is 56.7 Å². The summed E-state index contributed by atoms with van der Waals surface area (Å²) in [5.41, 5.74) is 1.96. The monoisotopic (exact) mass is 442 g/mol. The standard InChI is InChI=1S/C22H27FN6O3/c1-31-16-9-13(10-17(32-2)18(16)23)25-20-19-21(29(11-24-19)14-5-6-14)28-22(27-20)26-12-3-7-15(30)8-4-12/h9-12,14-15,30H,3-8H2,1-2H3,(H2,25,26,27,28). The van der Waals surface area contributed by atoms with Crippen LogP contribution in [0.1, 0.15) is 44.6 Å². The molecule has 9 nitrogen and oxygen atoms in total. The average molecular weight is 442 g/mol. The van der Waals surface area contributed by atoms with Crippen LogP contribution in [0.3, 0.4) is 0 Å². The van der Waals surface area contributed by atoms with Crippen molar-refractivity contribution >= 4 is 28.6 Å². The number of nitrogens with one attached hydrogen (secondary N) is 2. The Morgan fingerprint density at radius 1 is 1.03 bits per heavy atom. The topological polar surface area (TPSA) is 106 Å². The number of fused-ring (bicyclic) bond motifs is 1. The maximum Gasteiger partial charge on any atom is 0.227 e. The van der Waals surface area contributed by atoms with E-state index in [-0.39, 0.29) is 23.6 Å². The number of aliphatic hydroxyl groups excluding tert-OH is 1. The van der Waals surface area contributed by atoms with Gasteiger partial charge in [0.15, 0.2) is 28.5 Å². The third-order valence-electron chi connectivity index (χ3n) is 6.10. The molecule has 32 heavy (non-hydrogen) atoms. The molecule has 170 valence electrons. The number of nitrogens with zero attached hydrogens (tertiary/aromatic N) is 4. The maximum absolute atomic E-state index is 14.3. The first-order chi connectivity index (χ1) is 15.6. The summed E-state index contributed by atoms with van der Waals surface area (Å²) in [6, 6.07) is 3.72. The minimum Gasteiger partial charge on any atom is -0.493 e. The Labute approximate surface area is 185 Å². The quantitative estimate of drug-likeness (QED) is 0.508. The van der Waals surface area contributed by atoms with E-state index in [2.05, 4.69) is 25.2 Å². The summed E-state index contributed by atoms with van der Waals surface area (Å²) in [5, 5.41) is 16.5. The van der Waals surface area contributed by atoms with Crippen LogP contribution in [0, 0.1) is 5.82 Å². The summed E-state index contributed by atoms with van der Waals surface area (Å²) < 4.78 is 26.7. The van der Waals surface area contributed by atoms with Gasteiger partial charge in [-0.05, 0) is 38.5 Å². The highest BCUT2D eigenvalue weighted by molar-refractivity contribution is 5.87. The van der Waals surface area contributed by atoms with E-state index in [0.717, 1.165) is 44.2 Å². The van der Waals surface area contributed by atoms with Gasteiger partial charge in [0.05, 0.1) is 26.7 Å². The van der Waals surface area contributed by atoms with Crippen LogP contribution in [0.15, 0.2) is 18.5 Å². The molecule has 2 aromatic heterocycles. The van der Waals surface area contributed by atoms with Gasteiger partial charge < -0.3 is 29.8 Å². The molecule has 2 heterocycles. The molecule has 2 aliphatic carbocycles. The molecule has 3 aromatic rings. The molecule has 0 aliphatic heterocycles. The number of hydrogen-bond donors (Lipinski definition) is 3. The second-order valence-corrected chi connectivity index (χ2v) is 8.42. The van der Waals surface area contributed by atoms with Crippen molar-refractivity contribution in [3.05, 3.63) is 24.3 Å². The summed E-state index contributed by atoms with van der Waals surface area (Å²) in [5.74, 6) is 0.598. The molecule has 0 radical (unpaired) electrons. The number of benzene rings is 1. The second-order valence-electron chi connectivity index (χ2n) is 8.42. The summed E-state index contributed by atoms with van der Waals surface area (Å²) in [6.45, 7) is 0. The van der Waals surface area contributed by atoms with Crippen molar-refractivity contribution in [3.63, 3.8) is 0 Å². The lowest BCUT2D eigenvalue weighted by molar-refractivity contribution is 0.126. The lowest BCUT2D eigenvalue weighted by atomic mass is 9.93. The van der Waals surface area contributed by atoms with Gasteiger partial charge in [0.2, 0.25) is 11.8 Å². The highest BCUT2D eigenvalue weighted by atomic mass is 19.1. The lowest BCUT2D eigenvalue weighted by Gasteiger charge is -2.26. The average Bonchev–Trinajstić information content (AvgIpc) is 3.55. The molecule has 5 rings (SSSR count). The van der Waals surface area contributed by atoms with Crippen molar-refractivity contribution in [2.75, 3.05) is 24.9 Å². The van der Waals surface area contributed by atoms with E-state index >= 15 is 0 Å². The van der Waals surface area contributed by atoms with Crippen LogP contribution < -0.4 is 20.1 Å². The molecule has 2 fully saturated rings. The molecule has 0 spiro atoms. The number of methoxy groups -OCH3 is 2. The number of hydrogen-bond acceptors (Lipinski definition) is 8. The Morgan fingerprint density at radius 2 is 1.72 bits per heavy atom. The van der Waals surface area contributed by atoms with Gasteiger partial charge in [0.25, 0.3) is 0 Å². The van der Waals surface area contributed by atoms with E-state index in [9.17, 15) is 9.50 Å². The molecule has 10 heteroatoms. The molecule has 0 unspecified atom stereocenters. The molecule has 0 amide bonds. The first-order valence-electron chi connectivity index (χ1n) is 10.9. The third-order valence-corrected chi connectivity index (χ3v) is 6.10. The van der Waals surface area contributed by atoms with Crippen LogP contribution >= 0.6 is 0 Å². The Hall–Kier alpha value is -3.14. The van der Waals surface area contributed by atoms with Crippen LogP contribution in [0.2, 0.25) is 0 Å². The van der Waals surface area contributed by atoms with E-state index in [4.69, 9.17) is 14.5 Å². The fourth-order valence-corrected chi connectivity index (χ4v) is 4.17. The first kappa shape index (κ1) is 20.7. The maximum atomic E-state index is 14.3. The van der Waals surface area contributed by atoms with Gasteiger partial charge in [-0.2, -0.15) is 14.4 Å². The molecule has 0 saturated heterocycles. The fourth-order valence-electron chi connectivity index (χ4n) is 4.17. The number of ether oxygens (including phenoxy) is 2. The van der Waals surface area contributed by atoms with Crippen molar-refractivity contribution in [2.24, 2.45) is 0 Å². The zero-order chi connectivity index (χ0) is 22.2. The van der Waals surface area contributed by atoms with Crippen LogP contribution in [0.4, 0.5) is 21.8 Å². The summed E-state index contributed by atoms with van der Waals surface area (Å²) >= 11 is 0. The number of halogens is 1. The molecule has 1 aromatic carbocycles. The van der Waals surface area contributed by atoms with Crippen molar-refractivity contribution in [3.8, 4) is 11.5 Å². The Morgan fingerprint density at radius 3 is 2.34 bits per heavy atom. The van der Waals surface area contributed by atoms with Gasteiger partial charge in [-0.25, -0.2) is 4.98 Å². The highest BCUT2D eigenvalue weighted by Gasteiger charge is 2.28. The summed E-state index contributed by atoms with van der Waals surface area (Å²) in [4.78, 5) is 14.0. The highest BCUT2D eigenvalue weighted by Crippen LogP contribution is 2.39. The number of rotatable bonds is 7. The third kappa shape index (κ3) is 4.02. The zero-order valence-corrected chi connectivity index (χ0v) is 18.1. The normalized spacial score (nSPS) is 20.9. The van der Waals surface area contributed by atoms with Crippen molar-refractivity contribution in [1.82, 2.24) is 19.5 Å². The van der Waals surface area contributed by atoms with Crippen LogP contribution in [-0.4, -0.2) is 51.0 Å². The van der Waals surface area contributed by atoms with Gasteiger partial charge in [-0.1, -0.05) is 0 Å². The number of aliphatic hydroxyl groups is 1. The van der Waals surface area contributed by atoms with Gasteiger partial charge in [-0.15, -0.1) is 0 Å². The van der Waals surface area contributed by atoms with Crippen LogP contribution in [0.25, 0.3) is 11.2 Å². The predicted molar refractivity (Wildman–Crippen MR) is 118 cm³/mol. The van der Waals surface area contributed by atoms with E-state index in [1.807, 2.05) is 0 Å². The SMILES string of the molecule is COc1cc(Nc2nc(NC3CCC(O)CC3)nc3c2ncn3C2CC2)cc(OC)c1F. The number of anilines is 3. The zero-order valence-electron chi connectivity index (χ0n) is 18.1. The van der Waals surface area contributed by atoms with Crippen LogP contribution in [-0.2, 0) is 0 Å². The Balaban J connectivity index is 1.51. The smallest absolute Gasteiger partial charge is 0.227 e. The Bertz CT molecular complexity index is 1100. The van der Waals surface area contributed by atoms with E-state index < -0.39 is 5.82 Å². The molecule has 0 bridgehead atoms. The summed E-state index contributed by atoms with van der Waals surface area (Å²) in [7, 11) is 2.82. The van der Waals surface area contributed by atoms with Crippen LogP contribution in [0.5, 0.6) is 11.5 Å². The molecule has 2 saturated carbocycles. The Kier molecular flexibility index (Phi) is 5.46. The molecular formula is C22H27FN6O3. The fraction of sp³-hybridized carbons (Fsp3) is 0.500. The summed E-state index contributed by atoms with van der Waals surface area (Å²) in [6.07, 6.45) is 7.03. The van der Waals surface area contributed by atoms with Gasteiger partial charge >= 0.3 is 0 Å². The van der Waals surface area contributed by atoms with Gasteiger partial charge in [0.1, 0.15) is 0 Å². The first-order valence-corrected chi connectivity index (χ1v) is 10.9. The van der Waals surface area contributed by atoms with Crippen molar-refractivity contribution in [1.29, 1.82) is 0 Å². The molecular weight excluding hydrogens is 415 g/mol. The second kappa shape index (κ2) is 8.42. The van der Waals surface area contributed by atoms with E-state index in [0.29, 0.717) is 29.0 Å². The molecule has 3 N–H and O–H groups in total. The minimum absolute atomic E-state index is 0.0692.